The molecule has 15 heavy (non-hydrogen) atoms. The van der Waals surface area contributed by atoms with Crippen LogP contribution in [0.15, 0.2) is 27.5 Å². The molecule has 5 nitrogen and oxygen atoms in total. The number of thiol groups is 1. The SMILES string of the molecule is O=C(O)C(O)c1nc2cccc(S)c2o1. The van der Waals surface area contributed by atoms with Crippen molar-refractivity contribution < 1.29 is 19.4 Å². The number of aliphatic carboxylic acids is 1. The summed E-state index contributed by atoms with van der Waals surface area (Å²) in [5, 5.41) is 17.8. The van der Waals surface area contributed by atoms with E-state index in [1.807, 2.05) is 0 Å². The number of fused-ring (bicyclic) bond motifs is 1. The van der Waals surface area contributed by atoms with Gasteiger partial charge in [0.2, 0.25) is 12.0 Å². The third-order valence-electron chi connectivity index (χ3n) is 1.88. The Morgan fingerprint density at radius 3 is 2.87 bits per heavy atom. The quantitative estimate of drug-likeness (QED) is 0.669. The van der Waals surface area contributed by atoms with Crippen molar-refractivity contribution >= 4 is 29.7 Å². The molecule has 78 valence electrons. The van der Waals surface area contributed by atoms with Crippen LogP contribution < -0.4 is 0 Å². The number of carboxylic acid groups (broad SMARTS) is 1. The normalized spacial score (nSPS) is 12.9. The minimum Gasteiger partial charge on any atom is -0.479 e. The van der Waals surface area contributed by atoms with Gasteiger partial charge in [0, 0.05) is 4.90 Å². The molecule has 0 fully saturated rings. The highest BCUT2D eigenvalue weighted by atomic mass is 32.1. The van der Waals surface area contributed by atoms with Gasteiger partial charge in [-0.05, 0) is 12.1 Å². The van der Waals surface area contributed by atoms with E-state index in [0.717, 1.165) is 0 Å². The Balaban J connectivity index is 2.56. The molecule has 0 aliphatic heterocycles. The summed E-state index contributed by atoms with van der Waals surface area (Å²) in [4.78, 5) is 14.9. The zero-order chi connectivity index (χ0) is 11.0. The Morgan fingerprint density at radius 2 is 2.27 bits per heavy atom. The molecule has 0 radical (unpaired) electrons. The van der Waals surface area contributed by atoms with Crippen molar-refractivity contribution in [3.63, 3.8) is 0 Å². The summed E-state index contributed by atoms with van der Waals surface area (Å²) in [5.74, 6) is -1.64. The summed E-state index contributed by atoms with van der Waals surface area (Å²) in [7, 11) is 0. The van der Waals surface area contributed by atoms with E-state index in [9.17, 15) is 9.90 Å². The van der Waals surface area contributed by atoms with Gasteiger partial charge in [-0.3, -0.25) is 0 Å². The van der Waals surface area contributed by atoms with Gasteiger partial charge in [-0.2, -0.15) is 0 Å². The summed E-state index contributed by atoms with van der Waals surface area (Å²) in [6.45, 7) is 0. The third kappa shape index (κ3) is 1.69. The Kier molecular flexibility index (Phi) is 2.37. The molecular formula is C9H7NO4S. The molecule has 0 amide bonds. The second-order valence-corrected chi connectivity index (χ2v) is 3.40. The van der Waals surface area contributed by atoms with E-state index in [4.69, 9.17) is 9.52 Å². The van der Waals surface area contributed by atoms with Crippen molar-refractivity contribution in [2.45, 2.75) is 11.0 Å². The summed E-state index contributed by atoms with van der Waals surface area (Å²) in [6.07, 6.45) is -1.75. The van der Waals surface area contributed by atoms with Crippen LogP contribution in [0.2, 0.25) is 0 Å². The van der Waals surface area contributed by atoms with E-state index in [2.05, 4.69) is 17.6 Å². The number of oxazole rings is 1. The van der Waals surface area contributed by atoms with Crippen LogP contribution in [0.5, 0.6) is 0 Å². The Morgan fingerprint density at radius 1 is 1.53 bits per heavy atom. The van der Waals surface area contributed by atoms with Crippen molar-refractivity contribution in [3.8, 4) is 0 Å². The number of aliphatic hydroxyl groups is 1. The predicted octanol–water partition coefficient (Wildman–Crippen LogP) is 1.23. The first-order chi connectivity index (χ1) is 7.09. The summed E-state index contributed by atoms with van der Waals surface area (Å²) < 4.78 is 5.10. The van der Waals surface area contributed by atoms with Crippen molar-refractivity contribution in [2.75, 3.05) is 0 Å². The fourth-order valence-electron chi connectivity index (χ4n) is 1.17. The van der Waals surface area contributed by atoms with Crippen molar-refractivity contribution in [3.05, 3.63) is 24.1 Å². The number of carboxylic acids is 1. The summed E-state index contributed by atoms with van der Waals surface area (Å²) in [5.41, 5.74) is 0.842. The molecule has 0 spiro atoms. The maximum absolute atomic E-state index is 10.5. The third-order valence-corrected chi connectivity index (χ3v) is 2.23. The summed E-state index contributed by atoms with van der Waals surface area (Å²) >= 11 is 4.12. The molecule has 0 saturated carbocycles. The second-order valence-electron chi connectivity index (χ2n) is 2.92. The van der Waals surface area contributed by atoms with Crippen LogP contribution in [0.1, 0.15) is 12.0 Å². The lowest BCUT2D eigenvalue weighted by Crippen LogP contribution is -2.10. The topological polar surface area (TPSA) is 83.6 Å². The second kappa shape index (κ2) is 3.56. The van der Waals surface area contributed by atoms with Gasteiger partial charge in [-0.25, -0.2) is 9.78 Å². The van der Waals surface area contributed by atoms with E-state index in [0.29, 0.717) is 16.0 Å². The fraction of sp³-hybridized carbons (Fsp3) is 0.111. The predicted molar refractivity (Wildman–Crippen MR) is 53.9 cm³/mol. The number of hydrogen-bond acceptors (Lipinski definition) is 5. The van der Waals surface area contributed by atoms with Gasteiger partial charge in [-0.1, -0.05) is 6.07 Å². The smallest absolute Gasteiger partial charge is 0.342 e. The van der Waals surface area contributed by atoms with Crippen LogP contribution >= 0.6 is 12.6 Å². The number of para-hydroxylation sites is 1. The number of carbonyl (C=O) groups is 1. The standard InChI is InChI=1S/C9H7NO4S/c11-6(9(12)13)8-10-4-2-1-3-5(15)7(4)14-8/h1-3,6,11,15H,(H,12,13). The largest absolute Gasteiger partial charge is 0.479 e. The molecule has 2 N–H and O–H groups in total. The average molecular weight is 225 g/mol. The molecule has 2 aromatic rings. The molecule has 1 heterocycles. The van der Waals surface area contributed by atoms with Crippen molar-refractivity contribution in [1.82, 2.24) is 4.98 Å². The van der Waals surface area contributed by atoms with E-state index in [1.165, 1.54) is 0 Å². The Hall–Kier alpha value is -1.53. The van der Waals surface area contributed by atoms with Gasteiger partial charge in [-0.15, -0.1) is 12.6 Å². The van der Waals surface area contributed by atoms with Crippen LogP contribution in [0.25, 0.3) is 11.1 Å². The fourth-order valence-corrected chi connectivity index (χ4v) is 1.42. The molecule has 0 bridgehead atoms. The van der Waals surface area contributed by atoms with E-state index in [1.54, 1.807) is 18.2 Å². The monoisotopic (exact) mass is 225 g/mol. The van der Waals surface area contributed by atoms with E-state index >= 15 is 0 Å². The van der Waals surface area contributed by atoms with Crippen LogP contribution in [0.3, 0.4) is 0 Å². The number of benzene rings is 1. The lowest BCUT2D eigenvalue weighted by molar-refractivity contribution is -0.148. The van der Waals surface area contributed by atoms with Gasteiger partial charge >= 0.3 is 5.97 Å². The Bertz CT molecular complexity index is 522. The lowest BCUT2D eigenvalue weighted by Gasteiger charge is -1.97. The van der Waals surface area contributed by atoms with Crippen LogP contribution in [-0.4, -0.2) is 21.2 Å². The van der Waals surface area contributed by atoms with Crippen molar-refractivity contribution in [2.24, 2.45) is 0 Å². The minimum absolute atomic E-state index is 0.237. The zero-order valence-electron chi connectivity index (χ0n) is 7.41. The molecule has 0 saturated heterocycles. The molecule has 1 aromatic carbocycles. The lowest BCUT2D eigenvalue weighted by atomic mass is 10.3. The van der Waals surface area contributed by atoms with Crippen LogP contribution in [0, 0.1) is 0 Å². The first kappa shape index (κ1) is 10.0. The minimum atomic E-state index is -1.75. The summed E-state index contributed by atoms with van der Waals surface area (Å²) in [6, 6.07) is 5.05. The van der Waals surface area contributed by atoms with E-state index in [-0.39, 0.29) is 5.89 Å². The molecule has 0 aliphatic carbocycles. The Labute approximate surface area is 89.8 Å². The number of aliphatic hydroxyl groups excluding tert-OH is 1. The van der Waals surface area contributed by atoms with E-state index < -0.39 is 12.1 Å². The highest BCUT2D eigenvalue weighted by Crippen LogP contribution is 2.25. The van der Waals surface area contributed by atoms with Gasteiger partial charge in [0.05, 0.1) is 0 Å². The number of hydrogen-bond donors (Lipinski definition) is 3. The van der Waals surface area contributed by atoms with Gasteiger partial charge in [0.15, 0.2) is 5.58 Å². The van der Waals surface area contributed by atoms with Gasteiger partial charge in [0.25, 0.3) is 0 Å². The van der Waals surface area contributed by atoms with Crippen molar-refractivity contribution in [1.29, 1.82) is 0 Å². The van der Waals surface area contributed by atoms with Crippen LogP contribution in [-0.2, 0) is 4.79 Å². The highest BCUT2D eigenvalue weighted by Gasteiger charge is 2.22. The first-order valence-corrected chi connectivity index (χ1v) is 4.53. The van der Waals surface area contributed by atoms with Crippen LogP contribution in [0.4, 0.5) is 0 Å². The molecular weight excluding hydrogens is 218 g/mol. The highest BCUT2D eigenvalue weighted by molar-refractivity contribution is 7.80. The molecule has 1 unspecified atom stereocenters. The van der Waals surface area contributed by atoms with Gasteiger partial charge < -0.3 is 14.6 Å². The van der Waals surface area contributed by atoms with Gasteiger partial charge in [0.1, 0.15) is 5.52 Å². The first-order valence-electron chi connectivity index (χ1n) is 4.09. The molecule has 1 aromatic heterocycles. The molecule has 2 rings (SSSR count). The average Bonchev–Trinajstić information content (AvgIpc) is 2.61. The molecule has 0 aliphatic rings. The maximum atomic E-state index is 10.5. The number of aromatic nitrogens is 1. The molecule has 6 heteroatoms. The molecule has 1 atom stereocenters. The number of rotatable bonds is 2. The zero-order valence-corrected chi connectivity index (χ0v) is 8.31. The number of nitrogens with zero attached hydrogens (tertiary/aromatic N) is 1. The maximum Gasteiger partial charge on any atom is 0.342 e.